The number of hydrogen-bond acceptors (Lipinski definition) is 2. The number of nitrogens with one attached hydrogen (secondary N) is 1. The molecule has 2 aromatic rings. The van der Waals surface area contributed by atoms with E-state index in [4.69, 9.17) is 0 Å². The standard InChI is InChI=1S/C14H14BrN3O/c15-11-6-13(18(9-11)12-3-4-12)14(19)17-8-10-2-1-5-16-7-10/h1-2,5-7,9,12H,3-4,8H2,(H,17,19). The molecule has 1 fully saturated rings. The van der Waals surface area contributed by atoms with Gasteiger partial charge in [-0.15, -0.1) is 0 Å². The molecule has 0 aromatic carbocycles. The predicted octanol–water partition coefficient (Wildman–Crippen LogP) is 2.91. The van der Waals surface area contributed by atoms with E-state index in [0.29, 0.717) is 12.6 Å². The Morgan fingerprint density at radius 1 is 1.53 bits per heavy atom. The molecule has 0 aliphatic heterocycles. The van der Waals surface area contributed by atoms with Crippen LogP contribution in [0, 0.1) is 0 Å². The number of halogens is 1. The molecule has 5 heteroatoms. The van der Waals surface area contributed by atoms with Crippen LogP contribution < -0.4 is 5.32 Å². The zero-order chi connectivity index (χ0) is 13.2. The lowest BCUT2D eigenvalue weighted by Crippen LogP contribution is -2.25. The summed E-state index contributed by atoms with van der Waals surface area (Å²) in [5.74, 6) is -0.0403. The van der Waals surface area contributed by atoms with Crippen molar-refractivity contribution in [2.24, 2.45) is 0 Å². The highest BCUT2D eigenvalue weighted by molar-refractivity contribution is 9.10. The first-order valence-electron chi connectivity index (χ1n) is 6.28. The summed E-state index contributed by atoms with van der Waals surface area (Å²) in [6.07, 6.45) is 7.78. The molecule has 1 amide bonds. The molecule has 98 valence electrons. The molecule has 1 aliphatic carbocycles. The summed E-state index contributed by atoms with van der Waals surface area (Å²) >= 11 is 3.43. The Labute approximate surface area is 120 Å². The number of carbonyl (C=O) groups is 1. The van der Waals surface area contributed by atoms with Crippen molar-refractivity contribution < 1.29 is 4.79 Å². The van der Waals surface area contributed by atoms with Gasteiger partial charge in [0.1, 0.15) is 5.69 Å². The summed E-state index contributed by atoms with van der Waals surface area (Å²) < 4.78 is 3.01. The molecule has 2 aromatic heterocycles. The van der Waals surface area contributed by atoms with Crippen molar-refractivity contribution in [1.82, 2.24) is 14.9 Å². The van der Waals surface area contributed by atoms with Crippen molar-refractivity contribution in [3.63, 3.8) is 0 Å². The highest BCUT2D eigenvalue weighted by atomic mass is 79.9. The summed E-state index contributed by atoms with van der Waals surface area (Å²) in [4.78, 5) is 16.2. The van der Waals surface area contributed by atoms with Gasteiger partial charge in [0.2, 0.25) is 0 Å². The third kappa shape index (κ3) is 2.87. The van der Waals surface area contributed by atoms with Crippen LogP contribution in [-0.2, 0) is 6.54 Å². The molecule has 0 atom stereocenters. The maximum absolute atomic E-state index is 12.2. The smallest absolute Gasteiger partial charge is 0.268 e. The van der Waals surface area contributed by atoms with Crippen molar-refractivity contribution in [1.29, 1.82) is 0 Å². The van der Waals surface area contributed by atoms with Gasteiger partial charge < -0.3 is 9.88 Å². The molecule has 0 radical (unpaired) electrons. The van der Waals surface area contributed by atoms with Crippen LogP contribution in [0.1, 0.15) is 34.9 Å². The lowest BCUT2D eigenvalue weighted by atomic mass is 10.3. The van der Waals surface area contributed by atoms with Crippen LogP contribution in [0.25, 0.3) is 0 Å². The third-order valence-corrected chi connectivity index (χ3v) is 3.60. The first kappa shape index (κ1) is 12.4. The van der Waals surface area contributed by atoms with E-state index in [1.165, 1.54) is 0 Å². The van der Waals surface area contributed by atoms with Gasteiger partial charge in [0, 0.05) is 35.6 Å². The van der Waals surface area contributed by atoms with Gasteiger partial charge in [0.15, 0.2) is 0 Å². The molecule has 1 N–H and O–H groups in total. The van der Waals surface area contributed by atoms with Gasteiger partial charge in [-0.25, -0.2) is 0 Å². The highest BCUT2D eigenvalue weighted by Crippen LogP contribution is 2.37. The van der Waals surface area contributed by atoms with Crippen LogP contribution in [0.3, 0.4) is 0 Å². The van der Waals surface area contributed by atoms with Gasteiger partial charge in [-0.3, -0.25) is 9.78 Å². The van der Waals surface area contributed by atoms with Gasteiger partial charge in [0.05, 0.1) is 0 Å². The molecule has 2 heterocycles. The monoisotopic (exact) mass is 319 g/mol. The topological polar surface area (TPSA) is 46.9 Å². The van der Waals surface area contributed by atoms with Crippen molar-refractivity contribution in [2.45, 2.75) is 25.4 Å². The van der Waals surface area contributed by atoms with E-state index >= 15 is 0 Å². The quantitative estimate of drug-likeness (QED) is 0.941. The van der Waals surface area contributed by atoms with E-state index in [1.807, 2.05) is 24.4 Å². The maximum atomic E-state index is 12.2. The van der Waals surface area contributed by atoms with Crippen molar-refractivity contribution in [3.05, 3.63) is 52.5 Å². The average Bonchev–Trinajstić information content (AvgIpc) is 3.20. The molecule has 0 bridgehead atoms. The van der Waals surface area contributed by atoms with Gasteiger partial charge >= 0.3 is 0 Å². The second kappa shape index (κ2) is 5.17. The molecule has 1 saturated carbocycles. The Kier molecular flexibility index (Phi) is 3.38. The average molecular weight is 320 g/mol. The normalized spacial score (nSPS) is 14.4. The van der Waals surface area contributed by atoms with Gasteiger partial charge in [0.25, 0.3) is 5.91 Å². The lowest BCUT2D eigenvalue weighted by Gasteiger charge is -2.08. The molecule has 4 nitrogen and oxygen atoms in total. The molecule has 0 saturated heterocycles. The fourth-order valence-electron chi connectivity index (χ4n) is 2.06. The summed E-state index contributed by atoms with van der Waals surface area (Å²) in [7, 11) is 0. The van der Waals surface area contributed by atoms with E-state index in [1.54, 1.807) is 12.4 Å². The van der Waals surface area contributed by atoms with Crippen molar-refractivity contribution >= 4 is 21.8 Å². The summed E-state index contributed by atoms with van der Waals surface area (Å²) in [6.45, 7) is 0.500. The Morgan fingerprint density at radius 2 is 2.37 bits per heavy atom. The van der Waals surface area contributed by atoms with Gasteiger partial charge in [-0.1, -0.05) is 6.07 Å². The van der Waals surface area contributed by atoms with Gasteiger partial charge in [-0.05, 0) is 46.5 Å². The van der Waals surface area contributed by atoms with E-state index in [9.17, 15) is 4.79 Å². The number of hydrogen-bond donors (Lipinski definition) is 1. The van der Waals surface area contributed by atoms with E-state index in [-0.39, 0.29) is 5.91 Å². The zero-order valence-electron chi connectivity index (χ0n) is 10.3. The number of rotatable bonds is 4. The Balaban J connectivity index is 1.70. The Morgan fingerprint density at radius 3 is 3.05 bits per heavy atom. The van der Waals surface area contributed by atoms with Crippen LogP contribution in [0.4, 0.5) is 0 Å². The number of aromatic nitrogens is 2. The Hall–Kier alpha value is -1.62. The summed E-state index contributed by atoms with van der Waals surface area (Å²) in [5.41, 5.74) is 1.72. The van der Waals surface area contributed by atoms with Crippen molar-refractivity contribution in [3.8, 4) is 0 Å². The SMILES string of the molecule is O=C(NCc1cccnc1)c1cc(Br)cn1C1CC1. The van der Waals surface area contributed by atoms with Crippen LogP contribution in [0.2, 0.25) is 0 Å². The molecule has 0 spiro atoms. The largest absolute Gasteiger partial charge is 0.347 e. The second-order valence-corrected chi connectivity index (χ2v) is 5.64. The van der Waals surface area contributed by atoms with E-state index < -0.39 is 0 Å². The molecule has 3 rings (SSSR count). The maximum Gasteiger partial charge on any atom is 0.268 e. The molecular formula is C14H14BrN3O. The lowest BCUT2D eigenvalue weighted by molar-refractivity contribution is 0.0941. The van der Waals surface area contributed by atoms with E-state index in [0.717, 1.165) is 28.6 Å². The highest BCUT2D eigenvalue weighted by Gasteiger charge is 2.27. The number of nitrogens with zero attached hydrogens (tertiary/aromatic N) is 2. The minimum atomic E-state index is -0.0403. The first-order chi connectivity index (χ1) is 9.24. The third-order valence-electron chi connectivity index (χ3n) is 3.16. The Bertz CT molecular complexity index is 590. The molecular weight excluding hydrogens is 306 g/mol. The number of carbonyl (C=O) groups excluding carboxylic acids is 1. The fraction of sp³-hybridized carbons (Fsp3) is 0.286. The van der Waals surface area contributed by atoms with Gasteiger partial charge in [-0.2, -0.15) is 0 Å². The van der Waals surface area contributed by atoms with E-state index in [2.05, 4.69) is 30.8 Å². The summed E-state index contributed by atoms with van der Waals surface area (Å²) in [5, 5.41) is 2.93. The fourth-order valence-corrected chi connectivity index (χ4v) is 2.50. The minimum Gasteiger partial charge on any atom is -0.347 e. The predicted molar refractivity (Wildman–Crippen MR) is 75.8 cm³/mol. The van der Waals surface area contributed by atoms with Crippen LogP contribution in [0.15, 0.2) is 41.3 Å². The first-order valence-corrected chi connectivity index (χ1v) is 7.08. The molecule has 1 aliphatic rings. The van der Waals surface area contributed by atoms with Crippen LogP contribution >= 0.6 is 15.9 Å². The number of pyridine rings is 1. The molecule has 0 unspecified atom stereocenters. The van der Waals surface area contributed by atoms with Crippen LogP contribution in [0.5, 0.6) is 0 Å². The summed E-state index contributed by atoms with van der Waals surface area (Å²) in [6, 6.07) is 6.18. The van der Waals surface area contributed by atoms with Crippen LogP contribution in [-0.4, -0.2) is 15.5 Å². The second-order valence-electron chi connectivity index (χ2n) is 4.73. The van der Waals surface area contributed by atoms with Crippen molar-refractivity contribution in [2.75, 3.05) is 0 Å². The minimum absolute atomic E-state index is 0.0403. The number of amides is 1. The molecule has 19 heavy (non-hydrogen) atoms. The zero-order valence-corrected chi connectivity index (χ0v) is 11.9.